The van der Waals surface area contributed by atoms with E-state index in [1.807, 2.05) is 6.07 Å². The summed E-state index contributed by atoms with van der Waals surface area (Å²) in [4.78, 5) is 14.9. The molecule has 0 aromatic heterocycles. The van der Waals surface area contributed by atoms with Crippen molar-refractivity contribution in [1.29, 1.82) is 0 Å². The highest BCUT2D eigenvalue weighted by molar-refractivity contribution is 7.88. The molecule has 0 radical (unpaired) electrons. The van der Waals surface area contributed by atoms with E-state index >= 15 is 0 Å². The van der Waals surface area contributed by atoms with Crippen molar-refractivity contribution < 1.29 is 13.2 Å². The highest BCUT2D eigenvalue weighted by atomic mass is 32.2. The number of likely N-dealkylation sites (tertiary alicyclic amines) is 1. The van der Waals surface area contributed by atoms with E-state index in [9.17, 15) is 13.2 Å². The average Bonchev–Trinajstić information content (AvgIpc) is 2.67. The average molecular weight is 394 g/mol. The van der Waals surface area contributed by atoms with Crippen LogP contribution in [-0.2, 0) is 27.9 Å². The molecule has 0 aliphatic carbocycles. The van der Waals surface area contributed by atoms with Gasteiger partial charge in [0, 0.05) is 32.1 Å². The van der Waals surface area contributed by atoms with Crippen molar-refractivity contribution in [3.8, 4) is 0 Å². The van der Waals surface area contributed by atoms with E-state index in [1.165, 1.54) is 48.5 Å². The van der Waals surface area contributed by atoms with E-state index in [4.69, 9.17) is 0 Å². The number of hydrogen-bond donors (Lipinski definition) is 1. The number of piperidine rings is 2. The number of sulfonamides is 1. The zero-order valence-electron chi connectivity index (χ0n) is 16.2. The van der Waals surface area contributed by atoms with Crippen LogP contribution in [0.5, 0.6) is 0 Å². The molecular weight excluding hydrogens is 362 g/mol. The van der Waals surface area contributed by atoms with Crippen LogP contribution in [-0.4, -0.2) is 56.0 Å². The van der Waals surface area contributed by atoms with E-state index in [1.54, 1.807) is 0 Å². The van der Waals surface area contributed by atoms with Crippen molar-refractivity contribution in [3.05, 3.63) is 35.4 Å². The molecule has 2 heterocycles. The SMILES string of the molecule is CS(=O)(=O)N1CCC(C(=O)NCc2cccc(CN3CCCCC3)c2)CC1. The van der Waals surface area contributed by atoms with Crippen molar-refractivity contribution in [1.82, 2.24) is 14.5 Å². The first-order valence-electron chi connectivity index (χ1n) is 9.95. The van der Waals surface area contributed by atoms with Crippen LogP contribution in [0, 0.1) is 5.92 Å². The second-order valence-corrected chi connectivity index (χ2v) is 9.79. The van der Waals surface area contributed by atoms with Gasteiger partial charge < -0.3 is 5.32 Å². The van der Waals surface area contributed by atoms with E-state index in [0.29, 0.717) is 32.5 Å². The van der Waals surface area contributed by atoms with Crippen LogP contribution in [0.25, 0.3) is 0 Å². The number of carbonyl (C=O) groups excluding carboxylic acids is 1. The summed E-state index contributed by atoms with van der Waals surface area (Å²) < 4.78 is 24.6. The predicted molar refractivity (Wildman–Crippen MR) is 107 cm³/mol. The zero-order valence-corrected chi connectivity index (χ0v) is 17.0. The first-order valence-corrected chi connectivity index (χ1v) is 11.8. The van der Waals surface area contributed by atoms with Crippen molar-refractivity contribution >= 4 is 15.9 Å². The number of benzene rings is 1. The van der Waals surface area contributed by atoms with Gasteiger partial charge in [-0.1, -0.05) is 30.7 Å². The van der Waals surface area contributed by atoms with Gasteiger partial charge in [0.15, 0.2) is 0 Å². The van der Waals surface area contributed by atoms with Crippen molar-refractivity contribution in [2.45, 2.75) is 45.2 Å². The molecule has 150 valence electrons. The Morgan fingerprint density at radius 2 is 1.74 bits per heavy atom. The Morgan fingerprint density at radius 1 is 1.07 bits per heavy atom. The minimum absolute atomic E-state index is 0.0320. The van der Waals surface area contributed by atoms with Crippen LogP contribution in [0.3, 0.4) is 0 Å². The molecule has 0 bridgehead atoms. The van der Waals surface area contributed by atoms with Crippen LogP contribution >= 0.6 is 0 Å². The minimum atomic E-state index is -3.15. The predicted octanol–water partition coefficient (Wildman–Crippen LogP) is 1.96. The van der Waals surface area contributed by atoms with Gasteiger partial charge in [0.25, 0.3) is 0 Å². The van der Waals surface area contributed by atoms with Gasteiger partial charge in [-0.05, 0) is 49.9 Å². The maximum Gasteiger partial charge on any atom is 0.223 e. The molecule has 0 unspecified atom stereocenters. The summed E-state index contributed by atoms with van der Waals surface area (Å²) in [7, 11) is -3.15. The highest BCUT2D eigenvalue weighted by Crippen LogP contribution is 2.19. The molecule has 2 aliphatic heterocycles. The fourth-order valence-corrected chi connectivity index (χ4v) is 4.87. The Labute approximate surface area is 163 Å². The van der Waals surface area contributed by atoms with Crippen molar-refractivity contribution in [2.24, 2.45) is 5.92 Å². The quantitative estimate of drug-likeness (QED) is 0.802. The van der Waals surface area contributed by atoms with E-state index < -0.39 is 10.0 Å². The normalized spacial score (nSPS) is 20.5. The maximum atomic E-state index is 12.4. The highest BCUT2D eigenvalue weighted by Gasteiger charge is 2.28. The molecule has 0 atom stereocenters. The van der Waals surface area contributed by atoms with Crippen LogP contribution in [0.4, 0.5) is 0 Å². The molecule has 0 spiro atoms. The molecule has 1 aromatic rings. The number of hydrogen-bond acceptors (Lipinski definition) is 4. The number of rotatable bonds is 6. The lowest BCUT2D eigenvalue weighted by atomic mass is 9.97. The Hall–Kier alpha value is -1.44. The molecule has 3 rings (SSSR count). The van der Waals surface area contributed by atoms with Crippen molar-refractivity contribution in [3.63, 3.8) is 0 Å². The molecule has 7 heteroatoms. The van der Waals surface area contributed by atoms with Gasteiger partial charge in [-0.2, -0.15) is 0 Å². The zero-order chi connectivity index (χ0) is 19.3. The van der Waals surface area contributed by atoms with Gasteiger partial charge in [-0.3, -0.25) is 9.69 Å². The van der Waals surface area contributed by atoms with Gasteiger partial charge in [-0.25, -0.2) is 12.7 Å². The molecule has 1 aromatic carbocycles. The molecular formula is C20H31N3O3S. The monoisotopic (exact) mass is 393 g/mol. The first-order chi connectivity index (χ1) is 12.9. The third kappa shape index (κ3) is 6.02. The van der Waals surface area contributed by atoms with Crippen molar-refractivity contribution in [2.75, 3.05) is 32.4 Å². The summed E-state index contributed by atoms with van der Waals surface area (Å²) in [5, 5.41) is 3.03. The number of carbonyl (C=O) groups is 1. The lowest BCUT2D eigenvalue weighted by Gasteiger charge is -2.29. The minimum Gasteiger partial charge on any atom is -0.352 e. The number of nitrogens with zero attached hydrogens (tertiary/aromatic N) is 2. The third-order valence-corrected chi connectivity index (χ3v) is 6.91. The third-order valence-electron chi connectivity index (χ3n) is 5.61. The Morgan fingerprint density at radius 3 is 2.41 bits per heavy atom. The molecule has 2 saturated heterocycles. The largest absolute Gasteiger partial charge is 0.352 e. The summed E-state index contributed by atoms with van der Waals surface area (Å²) in [5.41, 5.74) is 2.41. The molecule has 2 aliphatic rings. The van der Waals surface area contributed by atoms with Gasteiger partial charge >= 0.3 is 0 Å². The van der Waals surface area contributed by atoms with Crippen LogP contribution < -0.4 is 5.32 Å². The van der Waals surface area contributed by atoms with Crippen LogP contribution in [0.1, 0.15) is 43.2 Å². The van der Waals surface area contributed by atoms with Crippen LogP contribution in [0.2, 0.25) is 0 Å². The summed E-state index contributed by atoms with van der Waals surface area (Å²) >= 11 is 0. The van der Waals surface area contributed by atoms with E-state index in [0.717, 1.165) is 12.1 Å². The van der Waals surface area contributed by atoms with E-state index in [-0.39, 0.29) is 11.8 Å². The Bertz CT molecular complexity index is 737. The molecule has 27 heavy (non-hydrogen) atoms. The molecule has 6 nitrogen and oxygen atoms in total. The van der Waals surface area contributed by atoms with E-state index in [2.05, 4.69) is 28.4 Å². The maximum absolute atomic E-state index is 12.4. The summed E-state index contributed by atoms with van der Waals surface area (Å²) in [5.74, 6) is -0.0656. The lowest BCUT2D eigenvalue weighted by Crippen LogP contribution is -2.42. The second kappa shape index (κ2) is 9.17. The molecule has 1 N–H and O–H groups in total. The van der Waals surface area contributed by atoms with Gasteiger partial charge in [0.05, 0.1) is 6.26 Å². The number of amides is 1. The van der Waals surface area contributed by atoms with Gasteiger partial charge in [0.1, 0.15) is 0 Å². The fourth-order valence-electron chi connectivity index (χ4n) is 4.00. The summed E-state index contributed by atoms with van der Waals surface area (Å²) in [6.07, 6.45) is 6.32. The second-order valence-electron chi connectivity index (χ2n) is 7.81. The summed E-state index contributed by atoms with van der Waals surface area (Å²) in [6, 6.07) is 8.44. The van der Waals surface area contributed by atoms with Gasteiger partial charge in [-0.15, -0.1) is 0 Å². The topological polar surface area (TPSA) is 69.7 Å². The Balaban J connectivity index is 1.47. The molecule has 0 saturated carbocycles. The standard InChI is InChI=1S/C20H31N3O3S/c1-27(25,26)23-12-8-19(9-13-23)20(24)21-15-17-6-5-7-18(14-17)16-22-10-3-2-4-11-22/h5-7,14,19H,2-4,8-13,15-16H2,1H3,(H,21,24). The Kier molecular flexibility index (Phi) is 6.89. The van der Waals surface area contributed by atoms with Crippen LogP contribution in [0.15, 0.2) is 24.3 Å². The molecule has 2 fully saturated rings. The fraction of sp³-hybridized carbons (Fsp3) is 0.650. The lowest BCUT2D eigenvalue weighted by molar-refractivity contribution is -0.126. The van der Waals surface area contributed by atoms with Gasteiger partial charge in [0.2, 0.25) is 15.9 Å². The number of nitrogens with one attached hydrogen (secondary N) is 1. The first kappa shape index (κ1) is 20.3. The summed E-state index contributed by atoms with van der Waals surface area (Å²) in [6.45, 7) is 4.72. The smallest absolute Gasteiger partial charge is 0.223 e. The molecule has 1 amide bonds.